The van der Waals surface area contributed by atoms with E-state index in [9.17, 15) is 4.79 Å². The summed E-state index contributed by atoms with van der Waals surface area (Å²) >= 11 is 2.74. The maximum absolute atomic E-state index is 12.4. The quantitative estimate of drug-likeness (QED) is 0.450. The van der Waals surface area contributed by atoms with Gasteiger partial charge in [-0.3, -0.25) is 14.3 Å². The van der Waals surface area contributed by atoms with Crippen molar-refractivity contribution >= 4 is 34.1 Å². The molecule has 0 saturated carbocycles. The van der Waals surface area contributed by atoms with Gasteiger partial charge in [0.15, 0.2) is 10.3 Å². The lowest BCUT2D eigenvalue weighted by molar-refractivity contribution is -0.113. The first-order chi connectivity index (χ1) is 14.2. The molecule has 0 spiro atoms. The number of hydrogen-bond donors (Lipinski definition) is 1. The van der Waals surface area contributed by atoms with Crippen molar-refractivity contribution in [2.45, 2.75) is 5.16 Å². The number of pyridine rings is 1. The molecule has 0 aliphatic carbocycles. The maximum Gasteiger partial charge on any atom is 0.236 e. The first kappa shape index (κ1) is 19.2. The van der Waals surface area contributed by atoms with Crippen molar-refractivity contribution in [3.05, 3.63) is 66.4 Å². The molecular weight excluding hydrogens is 406 g/mol. The smallest absolute Gasteiger partial charge is 0.236 e. The summed E-state index contributed by atoms with van der Waals surface area (Å²) in [4.78, 5) is 25.4. The molecular formula is C20H17N5O2S2. The van der Waals surface area contributed by atoms with Gasteiger partial charge < -0.3 is 10.1 Å². The second-order valence-electron chi connectivity index (χ2n) is 5.87. The van der Waals surface area contributed by atoms with E-state index >= 15 is 0 Å². The van der Waals surface area contributed by atoms with Crippen LogP contribution in [-0.4, -0.2) is 38.3 Å². The molecule has 9 heteroatoms. The largest absolute Gasteiger partial charge is 0.497 e. The zero-order chi connectivity index (χ0) is 20.1. The van der Waals surface area contributed by atoms with E-state index < -0.39 is 0 Å². The van der Waals surface area contributed by atoms with Crippen molar-refractivity contribution in [2.75, 3.05) is 18.2 Å². The van der Waals surface area contributed by atoms with E-state index in [1.165, 1.54) is 23.1 Å². The van der Waals surface area contributed by atoms with Crippen LogP contribution in [0.2, 0.25) is 0 Å². The Balaban J connectivity index is 1.37. The second kappa shape index (κ2) is 8.89. The predicted molar refractivity (Wildman–Crippen MR) is 115 cm³/mol. The molecule has 146 valence electrons. The molecule has 0 aliphatic rings. The van der Waals surface area contributed by atoms with Gasteiger partial charge in [-0.15, -0.1) is 11.3 Å². The van der Waals surface area contributed by atoms with Gasteiger partial charge in [-0.1, -0.05) is 17.8 Å². The summed E-state index contributed by atoms with van der Waals surface area (Å²) in [6.07, 6.45) is 5.29. The third kappa shape index (κ3) is 4.64. The number of thiazole rings is 1. The van der Waals surface area contributed by atoms with Crippen molar-refractivity contribution in [3.63, 3.8) is 0 Å². The van der Waals surface area contributed by atoms with Crippen molar-refractivity contribution < 1.29 is 9.53 Å². The molecule has 4 rings (SSSR count). The van der Waals surface area contributed by atoms with Gasteiger partial charge in [-0.05, 0) is 36.4 Å². The van der Waals surface area contributed by atoms with Crippen LogP contribution in [0.4, 0.5) is 5.13 Å². The molecule has 0 atom stereocenters. The summed E-state index contributed by atoms with van der Waals surface area (Å²) in [5, 5.41) is 6.00. The fourth-order valence-corrected chi connectivity index (χ4v) is 4.08. The lowest BCUT2D eigenvalue weighted by Crippen LogP contribution is -2.14. The average molecular weight is 424 g/mol. The Morgan fingerprint density at radius 1 is 1.14 bits per heavy atom. The molecule has 1 aromatic carbocycles. The third-order valence-corrected chi connectivity index (χ3v) is 5.69. The van der Waals surface area contributed by atoms with E-state index in [2.05, 4.69) is 20.3 Å². The summed E-state index contributed by atoms with van der Waals surface area (Å²) in [7, 11) is 1.63. The summed E-state index contributed by atoms with van der Waals surface area (Å²) in [6, 6.07) is 13.3. The van der Waals surface area contributed by atoms with E-state index in [-0.39, 0.29) is 11.7 Å². The number of amides is 1. The molecule has 0 bridgehead atoms. The Hall–Kier alpha value is -3.17. The van der Waals surface area contributed by atoms with Crippen LogP contribution >= 0.6 is 23.1 Å². The Kier molecular flexibility index (Phi) is 5.87. The SMILES string of the molecule is COc1ccc(-n2ccnc2SCC(=O)Nc2nc(-c3ccccn3)cs2)cc1. The number of nitrogens with one attached hydrogen (secondary N) is 1. The Labute approximate surface area is 175 Å². The van der Waals surface area contributed by atoms with Crippen molar-refractivity contribution in [1.29, 1.82) is 0 Å². The van der Waals surface area contributed by atoms with Crippen LogP contribution in [0.3, 0.4) is 0 Å². The van der Waals surface area contributed by atoms with Crippen molar-refractivity contribution in [1.82, 2.24) is 19.5 Å². The molecule has 0 aliphatic heterocycles. The molecule has 29 heavy (non-hydrogen) atoms. The van der Waals surface area contributed by atoms with Gasteiger partial charge in [0.05, 0.1) is 18.6 Å². The average Bonchev–Trinajstić information content (AvgIpc) is 3.42. The van der Waals surface area contributed by atoms with Crippen molar-refractivity contribution in [2.24, 2.45) is 0 Å². The molecule has 0 radical (unpaired) electrons. The van der Waals surface area contributed by atoms with E-state index in [4.69, 9.17) is 4.74 Å². The number of ether oxygens (including phenoxy) is 1. The van der Waals surface area contributed by atoms with Crippen LogP contribution in [0.25, 0.3) is 17.1 Å². The number of hydrogen-bond acceptors (Lipinski definition) is 7. The van der Waals surface area contributed by atoms with Crippen LogP contribution in [0.1, 0.15) is 0 Å². The molecule has 4 aromatic rings. The zero-order valence-corrected chi connectivity index (χ0v) is 17.1. The van der Waals surface area contributed by atoms with Crippen LogP contribution in [-0.2, 0) is 4.79 Å². The second-order valence-corrected chi connectivity index (χ2v) is 7.67. The van der Waals surface area contributed by atoms with Gasteiger partial charge >= 0.3 is 0 Å². The topological polar surface area (TPSA) is 81.9 Å². The first-order valence-electron chi connectivity index (χ1n) is 8.70. The number of carbonyl (C=O) groups is 1. The lowest BCUT2D eigenvalue weighted by atomic mass is 10.3. The van der Waals surface area contributed by atoms with Gasteiger partial charge in [0.1, 0.15) is 11.4 Å². The van der Waals surface area contributed by atoms with Gasteiger partial charge in [0.2, 0.25) is 5.91 Å². The molecule has 7 nitrogen and oxygen atoms in total. The molecule has 0 saturated heterocycles. The predicted octanol–water partition coefficient (Wildman–Crippen LogP) is 4.13. The minimum Gasteiger partial charge on any atom is -0.497 e. The highest BCUT2D eigenvalue weighted by Gasteiger charge is 2.12. The highest BCUT2D eigenvalue weighted by Crippen LogP contribution is 2.25. The number of aromatic nitrogens is 4. The Bertz CT molecular complexity index is 1090. The minimum atomic E-state index is -0.138. The summed E-state index contributed by atoms with van der Waals surface area (Å²) in [6.45, 7) is 0. The highest BCUT2D eigenvalue weighted by molar-refractivity contribution is 7.99. The Morgan fingerprint density at radius 2 is 2.00 bits per heavy atom. The number of carbonyl (C=O) groups excluding carboxylic acids is 1. The number of thioether (sulfide) groups is 1. The summed E-state index contributed by atoms with van der Waals surface area (Å²) < 4.78 is 7.12. The molecule has 3 heterocycles. The van der Waals surface area contributed by atoms with E-state index in [1.807, 2.05) is 58.6 Å². The normalized spacial score (nSPS) is 10.7. The number of nitrogens with zero attached hydrogens (tertiary/aromatic N) is 4. The molecule has 1 amide bonds. The van der Waals surface area contributed by atoms with Crippen LogP contribution in [0.15, 0.2) is 71.6 Å². The van der Waals surface area contributed by atoms with Crippen LogP contribution in [0.5, 0.6) is 5.75 Å². The molecule has 3 aromatic heterocycles. The lowest BCUT2D eigenvalue weighted by Gasteiger charge is -2.08. The van der Waals surface area contributed by atoms with Gasteiger partial charge in [-0.25, -0.2) is 9.97 Å². The van der Waals surface area contributed by atoms with E-state index in [0.717, 1.165) is 28.0 Å². The number of rotatable bonds is 7. The van der Waals surface area contributed by atoms with E-state index in [1.54, 1.807) is 19.5 Å². The van der Waals surface area contributed by atoms with Crippen molar-refractivity contribution in [3.8, 4) is 22.8 Å². The first-order valence-corrected chi connectivity index (χ1v) is 10.6. The monoisotopic (exact) mass is 423 g/mol. The minimum absolute atomic E-state index is 0.138. The Morgan fingerprint density at radius 3 is 2.76 bits per heavy atom. The van der Waals surface area contributed by atoms with Crippen LogP contribution < -0.4 is 10.1 Å². The number of benzene rings is 1. The number of anilines is 1. The third-order valence-electron chi connectivity index (χ3n) is 3.97. The fourth-order valence-electron chi connectivity index (χ4n) is 2.58. The molecule has 0 fully saturated rings. The summed E-state index contributed by atoms with van der Waals surface area (Å²) in [5.41, 5.74) is 2.47. The number of methoxy groups -OCH3 is 1. The summed E-state index contributed by atoms with van der Waals surface area (Å²) in [5.74, 6) is 0.878. The van der Waals surface area contributed by atoms with Crippen LogP contribution in [0, 0.1) is 0 Å². The maximum atomic E-state index is 12.4. The standard InChI is InChI=1S/C20H17N5O2S2/c1-27-15-7-5-14(6-8-15)25-11-10-22-20(25)29-13-18(26)24-19-23-17(12-28-19)16-4-2-3-9-21-16/h2-12H,13H2,1H3,(H,23,24,26). The van der Waals surface area contributed by atoms with E-state index in [0.29, 0.717) is 5.13 Å². The molecule has 1 N–H and O–H groups in total. The van der Waals surface area contributed by atoms with Gasteiger partial charge in [0, 0.05) is 29.7 Å². The zero-order valence-electron chi connectivity index (χ0n) is 15.5. The van der Waals surface area contributed by atoms with Gasteiger partial charge in [0.25, 0.3) is 0 Å². The van der Waals surface area contributed by atoms with Gasteiger partial charge in [-0.2, -0.15) is 0 Å². The number of imidazole rings is 1. The highest BCUT2D eigenvalue weighted by atomic mass is 32.2. The fraction of sp³-hybridized carbons (Fsp3) is 0.100. The molecule has 0 unspecified atom stereocenters.